The highest BCUT2D eigenvalue weighted by Gasteiger charge is 2.29. The first-order chi connectivity index (χ1) is 10.3. The molecule has 21 heavy (non-hydrogen) atoms. The highest BCUT2D eigenvalue weighted by Crippen LogP contribution is 2.36. The second-order valence-corrected chi connectivity index (χ2v) is 6.77. The van der Waals surface area contributed by atoms with Crippen molar-refractivity contribution in [1.82, 2.24) is 0 Å². The lowest BCUT2D eigenvalue weighted by molar-refractivity contribution is -0.119. The molecule has 2 saturated carbocycles. The molecule has 1 N–H and O–H groups in total. The van der Waals surface area contributed by atoms with Crippen molar-refractivity contribution < 1.29 is 9.90 Å². The van der Waals surface area contributed by atoms with E-state index < -0.39 is 0 Å². The van der Waals surface area contributed by atoms with E-state index in [2.05, 4.69) is 0 Å². The van der Waals surface area contributed by atoms with Gasteiger partial charge in [-0.3, -0.25) is 4.79 Å². The second-order valence-electron chi connectivity index (χ2n) is 6.77. The number of aliphatic hydroxyl groups excluding tert-OH is 1. The van der Waals surface area contributed by atoms with E-state index in [1.54, 1.807) is 0 Å². The second kappa shape index (κ2) is 6.64. The van der Waals surface area contributed by atoms with E-state index in [4.69, 9.17) is 0 Å². The first-order valence-electron chi connectivity index (χ1n) is 8.63. The minimum Gasteiger partial charge on any atom is -0.511 e. The van der Waals surface area contributed by atoms with Crippen LogP contribution >= 0.6 is 0 Å². The van der Waals surface area contributed by atoms with Crippen LogP contribution in [0.1, 0.15) is 64.2 Å². The van der Waals surface area contributed by atoms with Crippen molar-refractivity contribution >= 4 is 5.78 Å². The number of carbonyl (C=O) groups excluding carboxylic acids is 1. The maximum absolute atomic E-state index is 12.7. The summed E-state index contributed by atoms with van der Waals surface area (Å²) in [7, 11) is 0. The summed E-state index contributed by atoms with van der Waals surface area (Å²) >= 11 is 0. The molecule has 3 aliphatic rings. The Hall–Kier alpha value is -1.31. The third-order valence-electron chi connectivity index (χ3n) is 5.33. The summed E-state index contributed by atoms with van der Waals surface area (Å²) < 4.78 is 0. The van der Waals surface area contributed by atoms with Gasteiger partial charge in [-0.1, -0.05) is 56.8 Å². The topological polar surface area (TPSA) is 37.3 Å². The van der Waals surface area contributed by atoms with Crippen molar-refractivity contribution in [3.63, 3.8) is 0 Å². The number of hydrogen-bond acceptors (Lipinski definition) is 2. The summed E-state index contributed by atoms with van der Waals surface area (Å²) in [6.45, 7) is 0. The van der Waals surface area contributed by atoms with Gasteiger partial charge in [0.25, 0.3) is 0 Å². The first kappa shape index (κ1) is 14.6. The molecule has 0 amide bonds. The van der Waals surface area contributed by atoms with Gasteiger partial charge in [0.05, 0.1) is 0 Å². The number of hydrogen-bond donors (Lipinski definition) is 1. The Morgan fingerprint density at radius 2 is 1.48 bits per heavy atom. The van der Waals surface area contributed by atoms with Crippen molar-refractivity contribution in [2.45, 2.75) is 64.2 Å². The number of carbonyl (C=O) groups is 1. The van der Waals surface area contributed by atoms with E-state index in [1.807, 2.05) is 18.2 Å². The largest absolute Gasteiger partial charge is 0.511 e. The molecule has 0 unspecified atom stereocenters. The maximum Gasteiger partial charge on any atom is 0.166 e. The molecule has 3 rings (SSSR count). The highest BCUT2D eigenvalue weighted by molar-refractivity contribution is 6.03. The molecule has 0 aromatic heterocycles. The fraction of sp³-hybridized carbons (Fsp3) is 0.632. The lowest BCUT2D eigenvalue weighted by Gasteiger charge is -2.24. The summed E-state index contributed by atoms with van der Waals surface area (Å²) in [5, 5.41) is 10.6. The monoisotopic (exact) mass is 286 g/mol. The van der Waals surface area contributed by atoms with E-state index in [0.29, 0.717) is 5.76 Å². The molecule has 3 aliphatic carbocycles. The van der Waals surface area contributed by atoms with Crippen LogP contribution in [-0.2, 0) is 4.79 Å². The van der Waals surface area contributed by atoms with Gasteiger partial charge in [-0.25, -0.2) is 0 Å². The van der Waals surface area contributed by atoms with E-state index in [9.17, 15) is 9.90 Å². The smallest absolute Gasteiger partial charge is 0.166 e. The molecule has 0 saturated heterocycles. The third-order valence-corrected chi connectivity index (χ3v) is 5.33. The molecular formula is C19H26O2. The van der Waals surface area contributed by atoms with E-state index in [1.165, 1.54) is 38.5 Å². The zero-order valence-electron chi connectivity index (χ0n) is 12.8. The van der Waals surface area contributed by atoms with Gasteiger partial charge in [0.1, 0.15) is 5.76 Å². The Balaban J connectivity index is 1.77. The van der Waals surface area contributed by atoms with Crippen LogP contribution in [0.25, 0.3) is 0 Å². The first-order valence-corrected chi connectivity index (χ1v) is 8.63. The Morgan fingerprint density at radius 3 is 2.10 bits per heavy atom. The molecule has 0 heterocycles. The van der Waals surface area contributed by atoms with Crippen LogP contribution in [0.4, 0.5) is 0 Å². The minimum atomic E-state index is 0.180. The molecule has 2 nitrogen and oxygen atoms in total. The van der Waals surface area contributed by atoms with Gasteiger partial charge in [0.15, 0.2) is 5.78 Å². The zero-order chi connectivity index (χ0) is 14.7. The van der Waals surface area contributed by atoms with Crippen LogP contribution in [0, 0.1) is 11.8 Å². The molecule has 2 heteroatoms. The molecule has 114 valence electrons. The molecule has 0 aliphatic heterocycles. The molecule has 0 spiro atoms. The van der Waals surface area contributed by atoms with Crippen LogP contribution in [0.15, 0.2) is 35.1 Å². The molecule has 0 aromatic rings. The number of Topliss-reactive ketones (excluding diaryl/α,β-unsaturated/α-hetero) is 1. The average Bonchev–Trinajstić information content (AvgIpc) is 3.04. The van der Waals surface area contributed by atoms with Crippen molar-refractivity contribution in [2.75, 3.05) is 0 Å². The van der Waals surface area contributed by atoms with Crippen molar-refractivity contribution in [3.05, 3.63) is 35.1 Å². The Morgan fingerprint density at radius 1 is 0.905 bits per heavy atom. The van der Waals surface area contributed by atoms with Crippen LogP contribution in [0.5, 0.6) is 0 Å². The number of aliphatic hydroxyl groups is 1. The van der Waals surface area contributed by atoms with Gasteiger partial charge in [0.2, 0.25) is 0 Å². The Labute approximate surface area is 127 Å². The fourth-order valence-electron chi connectivity index (χ4n) is 4.04. The van der Waals surface area contributed by atoms with E-state index in [0.717, 1.165) is 36.8 Å². The molecule has 2 fully saturated rings. The maximum atomic E-state index is 12.7. The summed E-state index contributed by atoms with van der Waals surface area (Å²) in [4.78, 5) is 12.7. The molecule has 0 radical (unpaired) electrons. The lowest BCUT2D eigenvalue weighted by atomic mass is 9.80. The normalized spacial score (nSPS) is 26.8. The SMILES string of the molecule is O=C(C1=CC=C/C1=C(/O)C1CCCCC1)C1CCCCC1. The third kappa shape index (κ3) is 3.14. The van der Waals surface area contributed by atoms with Gasteiger partial charge >= 0.3 is 0 Å². The Kier molecular flexibility index (Phi) is 4.62. The number of allylic oxidation sites excluding steroid dienone is 6. The number of rotatable bonds is 3. The molecular weight excluding hydrogens is 260 g/mol. The van der Waals surface area contributed by atoms with E-state index in [-0.39, 0.29) is 17.6 Å². The van der Waals surface area contributed by atoms with Gasteiger partial charge in [0, 0.05) is 23.0 Å². The Bertz CT molecular complexity index is 484. The highest BCUT2D eigenvalue weighted by atomic mass is 16.3. The summed E-state index contributed by atoms with van der Waals surface area (Å²) in [6.07, 6.45) is 17.2. The van der Waals surface area contributed by atoms with Crippen molar-refractivity contribution in [1.29, 1.82) is 0 Å². The lowest BCUT2D eigenvalue weighted by Crippen LogP contribution is -2.21. The van der Waals surface area contributed by atoms with Crippen molar-refractivity contribution in [2.24, 2.45) is 11.8 Å². The van der Waals surface area contributed by atoms with Crippen LogP contribution in [0.3, 0.4) is 0 Å². The van der Waals surface area contributed by atoms with Gasteiger partial charge in [-0.15, -0.1) is 0 Å². The summed E-state index contributed by atoms with van der Waals surface area (Å²) in [5.41, 5.74) is 1.59. The summed E-state index contributed by atoms with van der Waals surface area (Å²) in [6, 6.07) is 0. The van der Waals surface area contributed by atoms with E-state index >= 15 is 0 Å². The minimum absolute atomic E-state index is 0.180. The standard InChI is InChI=1S/C19H26O2/c20-18(14-8-3-1-4-9-14)16-12-7-13-17(16)19(21)15-10-5-2-6-11-15/h7,12-15,20H,1-6,8-11H2/b18-16-. The molecule has 0 aromatic carbocycles. The van der Waals surface area contributed by atoms with Crippen LogP contribution < -0.4 is 0 Å². The predicted molar refractivity (Wildman–Crippen MR) is 85.0 cm³/mol. The van der Waals surface area contributed by atoms with Gasteiger partial charge in [-0.2, -0.15) is 0 Å². The van der Waals surface area contributed by atoms with Gasteiger partial charge in [-0.05, 0) is 25.7 Å². The predicted octanol–water partition coefficient (Wildman–Crippen LogP) is 5.02. The zero-order valence-corrected chi connectivity index (χ0v) is 12.8. The van der Waals surface area contributed by atoms with Crippen LogP contribution in [0.2, 0.25) is 0 Å². The summed E-state index contributed by atoms with van der Waals surface area (Å²) in [5.74, 6) is 1.18. The van der Waals surface area contributed by atoms with Crippen molar-refractivity contribution in [3.8, 4) is 0 Å². The quantitative estimate of drug-likeness (QED) is 0.739. The fourth-order valence-corrected chi connectivity index (χ4v) is 4.04. The van der Waals surface area contributed by atoms with Gasteiger partial charge < -0.3 is 5.11 Å². The number of ketones is 1. The molecule has 0 bridgehead atoms. The van der Waals surface area contributed by atoms with Crippen LogP contribution in [-0.4, -0.2) is 10.9 Å². The average molecular weight is 286 g/mol. The molecule has 0 atom stereocenters.